The molecule has 1 saturated heterocycles. The minimum absolute atomic E-state index is 0.282. The molecule has 0 saturated carbocycles. The van der Waals surface area contributed by atoms with Crippen LogP contribution in [-0.4, -0.2) is 58.5 Å². The Morgan fingerprint density at radius 1 is 1.17 bits per heavy atom. The molecule has 5 rings (SSSR count). The minimum Gasteiger partial charge on any atom is -0.438 e. The minimum atomic E-state index is -0.282. The van der Waals surface area contributed by atoms with Crippen molar-refractivity contribution in [1.29, 1.82) is 0 Å². The Morgan fingerprint density at radius 3 is 2.77 bits per heavy atom. The number of benzene rings is 2. The number of hydrogen-bond acceptors (Lipinski definition) is 6. The normalized spacial score (nSPS) is 16.3. The molecule has 3 heterocycles. The molecule has 2 aromatic heterocycles. The van der Waals surface area contributed by atoms with E-state index in [-0.39, 0.29) is 5.91 Å². The number of H-pyrrole nitrogens is 1. The summed E-state index contributed by atoms with van der Waals surface area (Å²) in [5, 5.41) is 3.51. The molecule has 1 aliphatic heterocycles. The van der Waals surface area contributed by atoms with E-state index in [0.29, 0.717) is 29.0 Å². The molecule has 0 bridgehead atoms. The van der Waals surface area contributed by atoms with Crippen LogP contribution in [0.3, 0.4) is 0 Å². The third-order valence-electron chi connectivity index (χ3n) is 6.23. The number of likely N-dealkylation sites (N-methyl/N-ethyl adjacent to an activating group) is 1. The fraction of sp³-hybridized carbons (Fsp3) is 0.222. The van der Waals surface area contributed by atoms with Gasteiger partial charge in [-0.1, -0.05) is 24.8 Å². The number of aromatic nitrogens is 3. The second-order valence-corrected chi connectivity index (χ2v) is 8.80. The maximum atomic E-state index is 11.6. The molecule has 0 aliphatic carbocycles. The predicted octanol–water partition coefficient (Wildman–Crippen LogP) is 4.68. The Balaban J connectivity index is 1.38. The molecule has 0 radical (unpaired) electrons. The highest BCUT2D eigenvalue weighted by molar-refractivity contribution is 5.99. The smallest absolute Gasteiger partial charge is 0.247 e. The van der Waals surface area contributed by atoms with Crippen LogP contribution in [0.4, 0.5) is 11.4 Å². The summed E-state index contributed by atoms with van der Waals surface area (Å²) in [5.74, 6) is 0.711. The third kappa shape index (κ3) is 4.88. The van der Waals surface area contributed by atoms with Crippen LogP contribution in [0.2, 0.25) is 0 Å². The number of aromatic amines is 1. The number of nitrogens with zero attached hydrogens (tertiary/aromatic N) is 4. The Labute approximate surface area is 204 Å². The molecular formula is C27H28N6O2. The molecule has 1 atom stereocenters. The highest BCUT2D eigenvalue weighted by Gasteiger charge is 2.21. The van der Waals surface area contributed by atoms with E-state index in [1.807, 2.05) is 12.1 Å². The molecular weight excluding hydrogens is 440 g/mol. The van der Waals surface area contributed by atoms with Crippen molar-refractivity contribution in [3.63, 3.8) is 0 Å². The lowest BCUT2D eigenvalue weighted by atomic mass is 10.1. The summed E-state index contributed by atoms with van der Waals surface area (Å²) in [5.41, 5.74) is 4.54. The lowest BCUT2D eigenvalue weighted by molar-refractivity contribution is -0.111. The van der Waals surface area contributed by atoms with Crippen molar-refractivity contribution in [2.45, 2.75) is 13.0 Å². The van der Waals surface area contributed by atoms with E-state index >= 15 is 0 Å². The third-order valence-corrected chi connectivity index (χ3v) is 6.23. The highest BCUT2D eigenvalue weighted by Crippen LogP contribution is 2.32. The van der Waals surface area contributed by atoms with Crippen molar-refractivity contribution in [3.8, 4) is 22.9 Å². The van der Waals surface area contributed by atoms with Gasteiger partial charge in [-0.2, -0.15) is 0 Å². The van der Waals surface area contributed by atoms with Gasteiger partial charge in [0.15, 0.2) is 0 Å². The number of amides is 1. The van der Waals surface area contributed by atoms with Gasteiger partial charge in [-0.3, -0.25) is 4.79 Å². The van der Waals surface area contributed by atoms with Crippen LogP contribution in [-0.2, 0) is 4.79 Å². The van der Waals surface area contributed by atoms with Crippen molar-refractivity contribution in [1.82, 2.24) is 19.9 Å². The largest absolute Gasteiger partial charge is 0.438 e. The second kappa shape index (κ2) is 9.60. The molecule has 4 aromatic rings. The Bertz CT molecular complexity index is 1360. The van der Waals surface area contributed by atoms with Gasteiger partial charge in [-0.05, 0) is 55.9 Å². The SMILES string of the molecule is C=CC(=O)Nc1cccc(Oc2ncnc3[nH]c(-c4ccc(N5CCN(C)CC5C)cc4)cc23)c1. The van der Waals surface area contributed by atoms with Gasteiger partial charge in [-0.25, -0.2) is 9.97 Å². The van der Waals surface area contributed by atoms with Gasteiger partial charge in [-0.15, -0.1) is 0 Å². The molecule has 0 spiro atoms. The number of carbonyl (C=O) groups is 1. The van der Waals surface area contributed by atoms with Crippen LogP contribution in [0.1, 0.15) is 6.92 Å². The van der Waals surface area contributed by atoms with Crippen LogP contribution in [0.25, 0.3) is 22.3 Å². The molecule has 8 nitrogen and oxygen atoms in total. The molecule has 1 unspecified atom stereocenters. The molecule has 8 heteroatoms. The molecule has 35 heavy (non-hydrogen) atoms. The summed E-state index contributed by atoms with van der Waals surface area (Å²) < 4.78 is 6.06. The Morgan fingerprint density at radius 2 is 2.00 bits per heavy atom. The lowest BCUT2D eigenvalue weighted by Gasteiger charge is -2.39. The second-order valence-electron chi connectivity index (χ2n) is 8.80. The Hall–Kier alpha value is -4.17. The van der Waals surface area contributed by atoms with Crippen LogP contribution >= 0.6 is 0 Å². The summed E-state index contributed by atoms with van der Waals surface area (Å²) in [7, 11) is 2.17. The average Bonchev–Trinajstić information content (AvgIpc) is 3.30. The monoisotopic (exact) mass is 468 g/mol. The topological polar surface area (TPSA) is 86.4 Å². The number of anilines is 2. The van der Waals surface area contributed by atoms with Gasteiger partial charge in [0.05, 0.1) is 5.39 Å². The summed E-state index contributed by atoms with van der Waals surface area (Å²) in [6, 6.07) is 18.2. The van der Waals surface area contributed by atoms with Crippen molar-refractivity contribution in [2.24, 2.45) is 0 Å². The van der Waals surface area contributed by atoms with E-state index in [0.717, 1.165) is 36.3 Å². The van der Waals surface area contributed by atoms with Gasteiger partial charge in [0, 0.05) is 48.8 Å². The van der Waals surface area contributed by atoms with E-state index in [9.17, 15) is 4.79 Å². The number of hydrogen-bond donors (Lipinski definition) is 2. The molecule has 1 aliphatic rings. The number of piperazine rings is 1. The fourth-order valence-electron chi connectivity index (χ4n) is 4.45. The zero-order chi connectivity index (χ0) is 24.4. The number of nitrogens with one attached hydrogen (secondary N) is 2. The number of carbonyl (C=O) groups excluding carboxylic acids is 1. The molecule has 1 fully saturated rings. The first-order valence-corrected chi connectivity index (χ1v) is 11.6. The van der Waals surface area contributed by atoms with E-state index < -0.39 is 0 Å². The van der Waals surface area contributed by atoms with E-state index in [1.54, 1.807) is 18.2 Å². The van der Waals surface area contributed by atoms with Crippen LogP contribution in [0.15, 0.2) is 73.6 Å². The van der Waals surface area contributed by atoms with Crippen LogP contribution in [0, 0.1) is 0 Å². The Kier molecular flexibility index (Phi) is 6.20. The number of ether oxygens (including phenoxy) is 1. The van der Waals surface area contributed by atoms with E-state index in [4.69, 9.17) is 4.74 Å². The molecule has 2 aromatic carbocycles. The maximum Gasteiger partial charge on any atom is 0.247 e. The summed E-state index contributed by atoms with van der Waals surface area (Å²) >= 11 is 0. The number of fused-ring (bicyclic) bond motifs is 1. The van der Waals surface area contributed by atoms with Gasteiger partial charge in [0.25, 0.3) is 0 Å². The van der Waals surface area contributed by atoms with Crippen molar-refractivity contribution >= 4 is 28.3 Å². The van der Waals surface area contributed by atoms with Gasteiger partial charge < -0.3 is 24.8 Å². The molecule has 2 N–H and O–H groups in total. The van der Waals surface area contributed by atoms with Crippen LogP contribution in [0.5, 0.6) is 11.6 Å². The van der Waals surface area contributed by atoms with Crippen molar-refractivity contribution < 1.29 is 9.53 Å². The summed E-state index contributed by atoms with van der Waals surface area (Å²) in [6.45, 7) is 8.90. The average molecular weight is 469 g/mol. The number of rotatable bonds is 6. The van der Waals surface area contributed by atoms with Crippen molar-refractivity contribution in [2.75, 3.05) is 36.9 Å². The molecule has 178 valence electrons. The highest BCUT2D eigenvalue weighted by atomic mass is 16.5. The van der Waals surface area contributed by atoms with Gasteiger partial charge >= 0.3 is 0 Å². The van der Waals surface area contributed by atoms with E-state index in [1.165, 1.54) is 18.1 Å². The first kappa shape index (κ1) is 22.6. The van der Waals surface area contributed by atoms with Crippen LogP contribution < -0.4 is 15.0 Å². The maximum absolute atomic E-state index is 11.6. The predicted molar refractivity (Wildman–Crippen MR) is 139 cm³/mol. The van der Waals surface area contributed by atoms with E-state index in [2.05, 4.69) is 74.9 Å². The first-order chi connectivity index (χ1) is 17.0. The van der Waals surface area contributed by atoms with Crippen molar-refractivity contribution in [3.05, 3.63) is 73.6 Å². The first-order valence-electron chi connectivity index (χ1n) is 11.6. The standard InChI is InChI=1S/C27H28N6O2/c1-4-25(34)30-20-6-5-7-22(14-20)35-27-23-15-24(31-26(23)28-17-29-27)19-8-10-21(11-9-19)33-13-12-32(3)16-18(33)2/h4-11,14-15,17-18H,1,12-13,16H2,2-3H3,(H,30,34)(H,28,29,31). The molecule has 1 amide bonds. The zero-order valence-electron chi connectivity index (χ0n) is 19.9. The lowest BCUT2D eigenvalue weighted by Crippen LogP contribution is -2.50. The fourth-order valence-corrected chi connectivity index (χ4v) is 4.45. The summed E-state index contributed by atoms with van der Waals surface area (Å²) in [6.07, 6.45) is 2.69. The quantitative estimate of drug-likeness (QED) is 0.400. The summed E-state index contributed by atoms with van der Waals surface area (Å²) in [4.78, 5) is 28.5. The zero-order valence-corrected chi connectivity index (χ0v) is 19.9. The van der Waals surface area contributed by atoms with Gasteiger partial charge in [0.1, 0.15) is 17.7 Å². The van der Waals surface area contributed by atoms with Gasteiger partial charge in [0.2, 0.25) is 11.8 Å².